The van der Waals surface area contributed by atoms with E-state index in [1.165, 1.54) is 12.7 Å². The molecule has 2 aliphatic carbocycles. The molecule has 0 aromatic rings. The molecule has 0 bridgehead atoms. The topological polar surface area (TPSA) is 134 Å². The third-order valence-electron chi connectivity index (χ3n) is 5.40. The lowest BCUT2D eigenvalue weighted by molar-refractivity contribution is -0.0543. The van der Waals surface area contributed by atoms with E-state index in [-0.39, 0.29) is 31.5 Å². The number of methoxy groups -OCH3 is 1. The molecule has 0 saturated heterocycles. The Morgan fingerprint density at radius 2 is 2.09 bits per heavy atom. The Labute approximate surface area is 204 Å². The van der Waals surface area contributed by atoms with Gasteiger partial charge in [0.05, 0.1) is 13.2 Å². The van der Waals surface area contributed by atoms with Crippen LogP contribution < -0.4 is 32.1 Å². The average molecular weight is 497 g/mol. The minimum absolute atomic E-state index is 0.0864. The second-order valence-corrected chi connectivity index (χ2v) is 8.45. The summed E-state index contributed by atoms with van der Waals surface area (Å²) in [6, 6.07) is -0.367. The van der Waals surface area contributed by atoms with Gasteiger partial charge in [0.2, 0.25) is 0 Å². The van der Waals surface area contributed by atoms with E-state index in [0.717, 1.165) is 42.8 Å². The van der Waals surface area contributed by atoms with Crippen molar-refractivity contribution in [3.63, 3.8) is 0 Å². The van der Waals surface area contributed by atoms with Gasteiger partial charge in [-0.05, 0) is 44.3 Å². The summed E-state index contributed by atoms with van der Waals surface area (Å²) in [7, 11) is 1.29. The van der Waals surface area contributed by atoms with Crippen LogP contribution in [0.25, 0.3) is 0 Å². The van der Waals surface area contributed by atoms with Crippen molar-refractivity contribution in [1.82, 2.24) is 32.1 Å². The molecule has 0 radical (unpaired) electrons. The fraction of sp³-hybridized carbons (Fsp3) is 0.545. The van der Waals surface area contributed by atoms with Crippen molar-refractivity contribution in [1.29, 1.82) is 0 Å². The molecule has 3 rings (SSSR count). The number of hydrogen-bond donors (Lipinski definition) is 6. The Morgan fingerprint density at radius 1 is 1.24 bits per heavy atom. The van der Waals surface area contributed by atoms with Crippen LogP contribution in [0, 0.1) is 0 Å². The third kappa shape index (κ3) is 9.26. The SMILES string of the molecule is COC(=O)NCCNC(=O)NC(NCC1=CC=C(Cl)CC1)NC1=CCC(OC2C=CON2)CC1. The van der Waals surface area contributed by atoms with E-state index in [2.05, 4.69) is 42.9 Å². The molecule has 3 atom stereocenters. The first-order valence-electron chi connectivity index (χ1n) is 11.3. The lowest BCUT2D eigenvalue weighted by Gasteiger charge is -2.29. The van der Waals surface area contributed by atoms with Gasteiger partial charge >= 0.3 is 12.1 Å². The molecule has 1 aliphatic heterocycles. The normalized spacial score (nSPS) is 22.5. The minimum Gasteiger partial charge on any atom is -0.453 e. The summed E-state index contributed by atoms with van der Waals surface area (Å²) in [6.45, 7) is 1.12. The van der Waals surface area contributed by atoms with Gasteiger partial charge in [0.25, 0.3) is 0 Å². The van der Waals surface area contributed by atoms with E-state index < -0.39 is 12.4 Å². The number of allylic oxidation sites excluding steroid dienone is 4. The van der Waals surface area contributed by atoms with Crippen LogP contribution in [0.4, 0.5) is 9.59 Å². The standard InChI is InChI=1S/C22H33ClN6O5/c1-32-22(31)25-12-11-24-21(30)28-20(26-14-15-2-4-16(23)5-3-15)27-17-6-8-18(9-7-17)34-19-10-13-33-29-19/h2,4,6,10,13,18-20,26-27,29H,3,5,7-9,11-12,14H2,1H3,(H,25,31)(H2,24,28,30). The molecule has 3 amide bonds. The first kappa shape index (κ1) is 25.9. The number of nitrogens with one attached hydrogen (secondary N) is 6. The molecule has 12 heteroatoms. The maximum absolute atomic E-state index is 12.4. The smallest absolute Gasteiger partial charge is 0.406 e. The van der Waals surface area contributed by atoms with Gasteiger partial charge in [0.15, 0.2) is 12.5 Å². The van der Waals surface area contributed by atoms with Crippen LogP contribution >= 0.6 is 11.6 Å². The van der Waals surface area contributed by atoms with Crippen LogP contribution in [0.15, 0.2) is 46.9 Å². The molecule has 1 heterocycles. The number of ether oxygens (including phenoxy) is 2. The molecular weight excluding hydrogens is 464 g/mol. The lowest BCUT2D eigenvalue weighted by Crippen LogP contribution is -2.57. The predicted molar refractivity (Wildman–Crippen MR) is 127 cm³/mol. The van der Waals surface area contributed by atoms with Crippen LogP contribution in [0.2, 0.25) is 0 Å². The summed E-state index contributed by atoms with van der Waals surface area (Å²) in [5, 5.41) is 15.7. The van der Waals surface area contributed by atoms with Gasteiger partial charge in [0.1, 0.15) is 6.26 Å². The van der Waals surface area contributed by atoms with Crippen LogP contribution in [-0.4, -0.2) is 57.5 Å². The number of hydrogen-bond acceptors (Lipinski definition) is 8. The Hall–Kier alpha value is -2.73. The van der Waals surface area contributed by atoms with Gasteiger partial charge < -0.3 is 35.6 Å². The van der Waals surface area contributed by atoms with Gasteiger partial charge in [-0.2, -0.15) is 0 Å². The van der Waals surface area contributed by atoms with E-state index in [1.807, 2.05) is 18.2 Å². The van der Waals surface area contributed by atoms with Crippen molar-refractivity contribution in [2.75, 3.05) is 26.7 Å². The summed E-state index contributed by atoms with van der Waals surface area (Å²) < 4.78 is 10.4. The molecule has 11 nitrogen and oxygen atoms in total. The fourth-order valence-electron chi connectivity index (χ4n) is 3.56. The summed E-state index contributed by atoms with van der Waals surface area (Å²) in [5.74, 6) is 0. The molecule has 0 spiro atoms. The van der Waals surface area contributed by atoms with E-state index in [1.54, 1.807) is 6.26 Å². The van der Waals surface area contributed by atoms with Crippen LogP contribution in [-0.2, 0) is 14.3 Å². The highest BCUT2D eigenvalue weighted by Crippen LogP contribution is 2.22. The molecular formula is C22H33ClN6O5. The molecule has 34 heavy (non-hydrogen) atoms. The fourth-order valence-corrected chi connectivity index (χ4v) is 3.71. The minimum atomic E-state index is -0.544. The number of hydroxylamine groups is 1. The quantitative estimate of drug-likeness (QED) is 0.188. The summed E-state index contributed by atoms with van der Waals surface area (Å²) >= 11 is 6.05. The van der Waals surface area contributed by atoms with Crippen molar-refractivity contribution < 1.29 is 23.9 Å². The van der Waals surface area contributed by atoms with Gasteiger partial charge in [-0.1, -0.05) is 29.3 Å². The van der Waals surface area contributed by atoms with Crippen LogP contribution in [0.3, 0.4) is 0 Å². The number of halogens is 1. The number of alkyl carbamates (subject to hydrolysis) is 1. The zero-order valence-corrected chi connectivity index (χ0v) is 20.0. The molecule has 3 aliphatic rings. The highest BCUT2D eigenvalue weighted by molar-refractivity contribution is 6.29. The second kappa shape index (κ2) is 13.9. The maximum Gasteiger partial charge on any atom is 0.406 e. The van der Waals surface area contributed by atoms with Crippen molar-refractivity contribution in [2.45, 2.75) is 50.7 Å². The Balaban J connectivity index is 1.48. The lowest BCUT2D eigenvalue weighted by atomic mass is 10.0. The third-order valence-corrected chi connectivity index (χ3v) is 5.71. The Kier molecular flexibility index (Phi) is 10.5. The number of rotatable bonds is 11. The first-order chi connectivity index (χ1) is 16.5. The molecule has 3 unspecified atom stereocenters. The van der Waals surface area contributed by atoms with Crippen molar-refractivity contribution in [3.8, 4) is 0 Å². The second-order valence-electron chi connectivity index (χ2n) is 7.96. The van der Waals surface area contributed by atoms with Crippen molar-refractivity contribution in [3.05, 3.63) is 46.9 Å². The summed E-state index contributed by atoms with van der Waals surface area (Å²) in [5.41, 5.74) is 4.99. The van der Waals surface area contributed by atoms with Crippen molar-refractivity contribution >= 4 is 23.7 Å². The summed E-state index contributed by atoms with van der Waals surface area (Å²) in [4.78, 5) is 28.5. The zero-order valence-electron chi connectivity index (χ0n) is 19.2. The van der Waals surface area contributed by atoms with Gasteiger partial charge in [-0.15, -0.1) is 5.48 Å². The number of amides is 3. The Morgan fingerprint density at radius 3 is 2.76 bits per heavy atom. The highest BCUT2D eigenvalue weighted by Gasteiger charge is 2.22. The van der Waals surface area contributed by atoms with E-state index in [0.29, 0.717) is 6.54 Å². The van der Waals surface area contributed by atoms with Crippen LogP contribution in [0.1, 0.15) is 32.1 Å². The van der Waals surface area contributed by atoms with Crippen LogP contribution in [0.5, 0.6) is 0 Å². The van der Waals surface area contributed by atoms with Gasteiger partial charge in [-0.25, -0.2) is 9.59 Å². The Bertz CT molecular complexity index is 831. The van der Waals surface area contributed by atoms with E-state index in [4.69, 9.17) is 21.2 Å². The van der Waals surface area contributed by atoms with Gasteiger partial charge in [-0.3, -0.25) is 5.32 Å². The van der Waals surface area contributed by atoms with Crippen molar-refractivity contribution in [2.24, 2.45) is 0 Å². The highest BCUT2D eigenvalue weighted by atomic mass is 35.5. The largest absolute Gasteiger partial charge is 0.453 e. The maximum atomic E-state index is 12.4. The molecule has 0 saturated carbocycles. The average Bonchev–Trinajstić information content (AvgIpc) is 3.35. The zero-order chi connectivity index (χ0) is 24.2. The molecule has 0 aromatic carbocycles. The van der Waals surface area contributed by atoms with E-state index >= 15 is 0 Å². The number of carbonyl (C=O) groups is 2. The monoisotopic (exact) mass is 496 g/mol. The number of urea groups is 1. The number of carbonyl (C=O) groups excluding carboxylic acids is 2. The molecule has 6 N–H and O–H groups in total. The van der Waals surface area contributed by atoms with E-state index in [9.17, 15) is 9.59 Å². The first-order valence-corrected chi connectivity index (χ1v) is 11.7. The molecule has 0 fully saturated rings. The predicted octanol–water partition coefficient (Wildman–Crippen LogP) is 1.77. The van der Waals surface area contributed by atoms with Gasteiger partial charge in [0, 0.05) is 30.4 Å². The molecule has 188 valence electrons. The summed E-state index contributed by atoms with van der Waals surface area (Å²) in [6.07, 6.45) is 12.3. The molecule has 0 aromatic heterocycles.